The Morgan fingerprint density at radius 3 is 1.54 bits per heavy atom. The number of hydrogen-bond acceptors (Lipinski definition) is 3. The van der Waals surface area contributed by atoms with Crippen LogP contribution >= 0.6 is 0 Å². The molecule has 24 heavy (non-hydrogen) atoms. The Bertz CT molecular complexity index is 523. The molecular formula is C19H31N3O2. The molecule has 134 valence electrons. The van der Waals surface area contributed by atoms with Crippen LogP contribution in [0, 0.1) is 11.8 Å². The van der Waals surface area contributed by atoms with E-state index in [0.717, 1.165) is 17.7 Å². The van der Waals surface area contributed by atoms with Crippen molar-refractivity contribution >= 4 is 11.8 Å². The minimum Gasteiger partial charge on any atom is -0.352 e. The van der Waals surface area contributed by atoms with Crippen molar-refractivity contribution in [3.05, 3.63) is 34.9 Å². The largest absolute Gasteiger partial charge is 0.352 e. The Morgan fingerprint density at radius 2 is 1.21 bits per heavy atom. The van der Waals surface area contributed by atoms with Gasteiger partial charge in [-0.05, 0) is 30.8 Å². The van der Waals surface area contributed by atoms with Crippen molar-refractivity contribution < 1.29 is 9.59 Å². The molecule has 0 heterocycles. The van der Waals surface area contributed by atoms with Gasteiger partial charge in [-0.2, -0.15) is 0 Å². The Labute approximate surface area is 145 Å². The van der Waals surface area contributed by atoms with E-state index in [1.165, 1.54) is 5.56 Å². The standard InChI is InChI=1S/C19H31N3O2/c1-13(2)18(23)20-10-15-7-16(11-21-19(24)14(3)4)9-17(8-15)12-22(5)6/h7-9,13-14H,10-12H2,1-6H3,(H,20,23)(H,21,24). The van der Waals surface area contributed by atoms with Crippen LogP contribution in [0.5, 0.6) is 0 Å². The van der Waals surface area contributed by atoms with Crippen molar-refractivity contribution in [2.75, 3.05) is 14.1 Å². The van der Waals surface area contributed by atoms with E-state index in [-0.39, 0.29) is 23.7 Å². The Kier molecular flexibility index (Phi) is 7.92. The minimum atomic E-state index is -0.0280. The molecule has 0 atom stereocenters. The van der Waals surface area contributed by atoms with Gasteiger partial charge in [0.05, 0.1) is 0 Å². The van der Waals surface area contributed by atoms with Crippen LogP contribution in [-0.4, -0.2) is 30.8 Å². The summed E-state index contributed by atoms with van der Waals surface area (Å²) in [4.78, 5) is 25.7. The molecule has 5 heteroatoms. The highest BCUT2D eigenvalue weighted by molar-refractivity contribution is 5.78. The highest BCUT2D eigenvalue weighted by atomic mass is 16.2. The lowest BCUT2D eigenvalue weighted by molar-refractivity contribution is -0.124. The maximum Gasteiger partial charge on any atom is 0.222 e. The van der Waals surface area contributed by atoms with Crippen LogP contribution in [0.4, 0.5) is 0 Å². The van der Waals surface area contributed by atoms with E-state index in [0.29, 0.717) is 13.1 Å². The summed E-state index contributed by atoms with van der Waals surface area (Å²) in [6.07, 6.45) is 0. The van der Waals surface area contributed by atoms with Gasteiger partial charge in [0.25, 0.3) is 0 Å². The smallest absolute Gasteiger partial charge is 0.222 e. The van der Waals surface area contributed by atoms with Gasteiger partial charge in [0.15, 0.2) is 0 Å². The highest BCUT2D eigenvalue weighted by Gasteiger charge is 2.10. The summed E-state index contributed by atoms with van der Waals surface area (Å²) in [6.45, 7) is 9.34. The Hall–Kier alpha value is -1.88. The maximum atomic E-state index is 11.8. The van der Waals surface area contributed by atoms with E-state index in [1.54, 1.807) is 0 Å². The average Bonchev–Trinajstić information content (AvgIpc) is 2.49. The topological polar surface area (TPSA) is 61.4 Å². The summed E-state index contributed by atoms with van der Waals surface area (Å²) in [5, 5.41) is 5.90. The molecule has 5 nitrogen and oxygen atoms in total. The van der Waals surface area contributed by atoms with Gasteiger partial charge >= 0.3 is 0 Å². The second-order valence-electron chi connectivity index (χ2n) is 7.14. The van der Waals surface area contributed by atoms with E-state index < -0.39 is 0 Å². The molecule has 0 aliphatic heterocycles. The van der Waals surface area contributed by atoms with Crippen LogP contribution in [0.3, 0.4) is 0 Å². The molecule has 0 radical (unpaired) electrons. The quantitative estimate of drug-likeness (QED) is 0.767. The number of carbonyl (C=O) groups excluding carboxylic acids is 2. The molecule has 1 aromatic carbocycles. The summed E-state index contributed by atoms with van der Waals surface area (Å²) < 4.78 is 0. The third kappa shape index (κ3) is 7.13. The first-order valence-corrected chi connectivity index (χ1v) is 8.51. The van der Waals surface area contributed by atoms with Crippen LogP contribution in [0.15, 0.2) is 18.2 Å². The zero-order valence-electron chi connectivity index (χ0n) is 15.8. The number of hydrogen-bond donors (Lipinski definition) is 2. The monoisotopic (exact) mass is 333 g/mol. The first-order chi connectivity index (χ1) is 11.2. The summed E-state index contributed by atoms with van der Waals surface area (Å²) in [6, 6.07) is 6.25. The second kappa shape index (κ2) is 9.42. The first kappa shape index (κ1) is 20.2. The van der Waals surface area contributed by atoms with E-state index in [1.807, 2.05) is 47.9 Å². The predicted molar refractivity (Wildman–Crippen MR) is 97.2 cm³/mol. The number of rotatable bonds is 8. The van der Waals surface area contributed by atoms with Crippen molar-refractivity contribution in [1.82, 2.24) is 15.5 Å². The lowest BCUT2D eigenvalue weighted by Gasteiger charge is -2.15. The molecule has 0 aliphatic carbocycles. The van der Waals surface area contributed by atoms with Crippen LogP contribution in [0.25, 0.3) is 0 Å². The zero-order chi connectivity index (χ0) is 18.3. The first-order valence-electron chi connectivity index (χ1n) is 8.51. The van der Waals surface area contributed by atoms with E-state index >= 15 is 0 Å². The fraction of sp³-hybridized carbons (Fsp3) is 0.579. The molecule has 0 bridgehead atoms. The second-order valence-corrected chi connectivity index (χ2v) is 7.14. The molecular weight excluding hydrogens is 302 g/mol. The Balaban J connectivity index is 2.86. The van der Waals surface area contributed by atoms with Crippen molar-refractivity contribution in [2.24, 2.45) is 11.8 Å². The van der Waals surface area contributed by atoms with Crippen molar-refractivity contribution in [3.63, 3.8) is 0 Å². The highest BCUT2D eigenvalue weighted by Crippen LogP contribution is 2.13. The van der Waals surface area contributed by atoms with Crippen molar-refractivity contribution in [1.29, 1.82) is 0 Å². The molecule has 0 spiro atoms. The maximum absolute atomic E-state index is 11.8. The normalized spacial score (nSPS) is 11.2. The lowest BCUT2D eigenvalue weighted by atomic mass is 10.0. The molecule has 1 aromatic rings. The molecule has 0 aromatic heterocycles. The average molecular weight is 333 g/mol. The van der Waals surface area contributed by atoms with Crippen molar-refractivity contribution in [2.45, 2.75) is 47.3 Å². The molecule has 0 unspecified atom stereocenters. The van der Waals surface area contributed by atoms with Gasteiger partial charge in [-0.15, -0.1) is 0 Å². The number of carbonyl (C=O) groups is 2. The van der Waals surface area contributed by atoms with Crippen LogP contribution < -0.4 is 10.6 Å². The van der Waals surface area contributed by atoms with E-state index in [9.17, 15) is 9.59 Å². The lowest BCUT2D eigenvalue weighted by Crippen LogP contribution is -2.28. The molecule has 2 N–H and O–H groups in total. The number of nitrogens with one attached hydrogen (secondary N) is 2. The van der Waals surface area contributed by atoms with Crippen molar-refractivity contribution in [3.8, 4) is 0 Å². The number of amides is 2. The van der Waals surface area contributed by atoms with Gasteiger partial charge < -0.3 is 15.5 Å². The van der Waals surface area contributed by atoms with Gasteiger partial charge in [0.2, 0.25) is 11.8 Å². The number of nitrogens with zero attached hydrogens (tertiary/aromatic N) is 1. The minimum absolute atomic E-state index is 0.0280. The molecule has 1 rings (SSSR count). The van der Waals surface area contributed by atoms with E-state index in [4.69, 9.17) is 0 Å². The molecule has 0 saturated heterocycles. The third-order valence-electron chi connectivity index (χ3n) is 3.59. The summed E-state index contributed by atoms with van der Waals surface area (Å²) in [7, 11) is 4.04. The van der Waals surface area contributed by atoms with Gasteiger partial charge in [0, 0.05) is 31.5 Å². The van der Waals surface area contributed by atoms with E-state index in [2.05, 4.69) is 27.7 Å². The van der Waals surface area contributed by atoms with Gasteiger partial charge in [0.1, 0.15) is 0 Å². The summed E-state index contributed by atoms with van der Waals surface area (Å²) >= 11 is 0. The summed E-state index contributed by atoms with van der Waals surface area (Å²) in [5.41, 5.74) is 3.28. The van der Waals surface area contributed by atoms with Crippen LogP contribution in [-0.2, 0) is 29.2 Å². The van der Waals surface area contributed by atoms with Crippen LogP contribution in [0.1, 0.15) is 44.4 Å². The SMILES string of the molecule is CC(C)C(=O)NCc1cc(CNC(=O)C(C)C)cc(CN(C)C)c1. The zero-order valence-corrected chi connectivity index (χ0v) is 15.8. The molecule has 0 fully saturated rings. The fourth-order valence-corrected chi connectivity index (χ4v) is 2.29. The van der Waals surface area contributed by atoms with Gasteiger partial charge in [-0.25, -0.2) is 0 Å². The fourth-order valence-electron chi connectivity index (χ4n) is 2.29. The molecule has 2 amide bonds. The third-order valence-corrected chi connectivity index (χ3v) is 3.59. The van der Waals surface area contributed by atoms with Gasteiger partial charge in [-0.1, -0.05) is 45.9 Å². The molecule has 0 saturated carbocycles. The summed E-state index contributed by atoms with van der Waals surface area (Å²) in [5.74, 6) is 0.0323. The van der Waals surface area contributed by atoms with Gasteiger partial charge in [-0.3, -0.25) is 9.59 Å². The Morgan fingerprint density at radius 1 is 0.833 bits per heavy atom. The number of benzene rings is 1. The van der Waals surface area contributed by atoms with Crippen LogP contribution in [0.2, 0.25) is 0 Å². The molecule has 0 aliphatic rings. The predicted octanol–water partition coefficient (Wildman–Crippen LogP) is 2.29.